The van der Waals surface area contributed by atoms with Gasteiger partial charge in [-0.3, -0.25) is 9.48 Å². The van der Waals surface area contributed by atoms with Crippen LogP contribution in [0.15, 0.2) is 59.2 Å². The molecule has 0 spiro atoms. The van der Waals surface area contributed by atoms with Crippen LogP contribution in [0.3, 0.4) is 0 Å². The minimum atomic E-state index is -0.421. The van der Waals surface area contributed by atoms with E-state index < -0.39 is 11.7 Å². The van der Waals surface area contributed by atoms with Crippen molar-refractivity contribution in [2.45, 2.75) is 25.8 Å². The van der Waals surface area contributed by atoms with Crippen LogP contribution in [0.2, 0.25) is 0 Å². The second-order valence-corrected chi connectivity index (χ2v) is 8.41. The number of anilines is 1. The second kappa shape index (κ2) is 8.31. The molecule has 2 heterocycles. The number of aromatic nitrogens is 4. The zero-order chi connectivity index (χ0) is 22.2. The third-order valence-electron chi connectivity index (χ3n) is 5.47. The molecule has 0 fully saturated rings. The molecule has 162 valence electrons. The normalized spacial score (nSPS) is 12.7. The number of carbonyl (C=O) groups is 1. The van der Waals surface area contributed by atoms with E-state index >= 15 is 0 Å². The lowest BCUT2D eigenvalue weighted by atomic mass is 10.2. The summed E-state index contributed by atoms with van der Waals surface area (Å²) in [5.74, 6) is -0.834. The first-order valence-electron chi connectivity index (χ1n) is 10.1. The fraction of sp³-hybridized carbons (Fsp3) is 0.174. The minimum Gasteiger partial charge on any atom is -0.303 e. The van der Waals surface area contributed by atoms with Gasteiger partial charge in [-0.2, -0.15) is 10.2 Å². The molecular weight excluding hydrogens is 480 g/mol. The number of benzene rings is 2. The molecule has 1 amide bonds. The molecule has 2 aromatic carbocycles. The average Bonchev–Trinajstić information content (AvgIpc) is 3.46. The van der Waals surface area contributed by atoms with E-state index in [0.29, 0.717) is 28.0 Å². The summed E-state index contributed by atoms with van der Waals surface area (Å²) < 4.78 is 31.9. The fourth-order valence-corrected chi connectivity index (χ4v) is 4.39. The number of nitrogens with one attached hydrogen (secondary N) is 1. The Labute approximate surface area is 191 Å². The predicted octanol–water partition coefficient (Wildman–Crippen LogP) is 4.90. The van der Waals surface area contributed by atoms with Crippen LogP contribution in [0.5, 0.6) is 0 Å². The van der Waals surface area contributed by atoms with E-state index in [9.17, 15) is 13.6 Å². The number of carbonyl (C=O) groups excluding carboxylic acids is 1. The van der Waals surface area contributed by atoms with E-state index in [2.05, 4.69) is 31.4 Å². The molecule has 0 aliphatic heterocycles. The number of hydrogen-bond acceptors (Lipinski definition) is 3. The summed E-state index contributed by atoms with van der Waals surface area (Å²) in [7, 11) is 0. The van der Waals surface area contributed by atoms with E-state index in [-0.39, 0.29) is 18.1 Å². The van der Waals surface area contributed by atoms with E-state index in [0.717, 1.165) is 24.1 Å². The number of para-hydroxylation sites is 1. The third-order valence-corrected chi connectivity index (χ3v) is 6.05. The van der Waals surface area contributed by atoms with Crippen molar-refractivity contribution in [1.29, 1.82) is 0 Å². The number of rotatable bonds is 5. The molecule has 0 bridgehead atoms. The largest absolute Gasteiger partial charge is 0.303 e. The molecule has 9 heteroatoms. The Balaban J connectivity index is 1.42. The highest BCUT2D eigenvalue weighted by atomic mass is 79.9. The van der Waals surface area contributed by atoms with Gasteiger partial charge in [-0.25, -0.2) is 13.5 Å². The first-order valence-corrected chi connectivity index (χ1v) is 10.9. The van der Waals surface area contributed by atoms with Crippen molar-refractivity contribution in [3.63, 3.8) is 0 Å². The molecule has 5 rings (SSSR count). The minimum absolute atomic E-state index is 0.221. The van der Waals surface area contributed by atoms with Gasteiger partial charge in [0.2, 0.25) is 0 Å². The standard InChI is InChI=1S/C23H18BrF2N5O/c24-16-13-30(12-14-6-1-2-8-17(14)25)29-22(16)27-23(32)21-15-7-5-11-19(15)31(28-21)20-10-4-3-9-18(20)26/h1-4,6,8-10,13H,5,7,11-12H2,(H,27,29,32). The van der Waals surface area contributed by atoms with Gasteiger partial charge in [-0.05, 0) is 53.4 Å². The summed E-state index contributed by atoms with van der Waals surface area (Å²) in [6.45, 7) is 0.221. The van der Waals surface area contributed by atoms with Gasteiger partial charge in [0.25, 0.3) is 5.91 Å². The lowest BCUT2D eigenvalue weighted by Crippen LogP contribution is -2.16. The summed E-state index contributed by atoms with van der Waals surface area (Å²) in [6, 6.07) is 12.8. The van der Waals surface area contributed by atoms with Crippen molar-refractivity contribution in [3.8, 4) is 5.69 Å². The third kappa shape index (κ3) is 3.73. The van der Waals surface area contributed by atoms with Crippen LogP contribution in [-0.2, 0) is 19.4 Å². The van der Waals surface area contributed by atoms with E-state index in [1.165, 1.54) is 16.8 Å². The van der Waals surface area contributed by atoms with Crippen LogP contribution in [0, 0.1) is 11.6 Å². The van der Waals surface area contributed by atoms with Crippen LogP contribution in [0.25, 0.3) is 5.69 Å². The Morgan fingerprint density at radius 1 is 1.03 bits per heavy atom. The summed E-state index contributed by atoms with van der Waals surface area (Å²) >= 11 is 3.40. The maximum Gasteiger partial charge on any atom is 0.277 e. The Bertz CT molecular complexity index is 1330. The highest BCUT2D eigenvalue weighted by Gasteiger charge is 2.28. The van der Waals surface area contributed by atoms with E-state index in [1.54, 1.807) is 47.3 Å². The lowest BCUT2D eigenvalue weighted by molar-refractivity contribution is 0.102. The first kappa shape index (κ1) is 20.6. The zero-order valence-corrected chi connectivity index (χ0v) is 18.4. The van der Waals surface area contributed by atoms with E-state index in [4.69, 9.17) is 0 Å². The molecule has 32 heavy (non-hydrogen) atoms. The average molecular weight is 498 g/mol. The van der Waals surface area contributed by atoms with Crippen molar-refractivity contribution in [3.05, 3.63) is 93.3 Å². The highest BCUT2D eigenvalue weighted by Crippen LogP contribution is 2.30. The van der Waals surface area contributed by atoms with Crippen LogP contribution in [-0.4, -0.2) is 25.5 Å². The van der Waals surface area contributed by atoms with Crippen molar-refractivity contribution >= 4 is 27.7 Å². The molecule has 0 radical (unpaired) electrons. The Morgan fingerprint density at radius 2 is 1.78 bits per heavy atom. The van der Waals surface area contributed by atoms with Gasteiger partial charge in [-0.15, -0.1) is 0 Å². The maximum absolute atomic E-state index is 14.4. The molecule has 0 unspecified atom stereocenters. The van der Waals surface area contributed by atoms with Gasteiger partial charge in [-0.1, -0.05) is 30.3 Å². The van der Waals surface area contributed by atoms with Crippen molar-refractivity contribution in [2.24, 2.45) is 0 Å². The first-order chi connectivity index (χ1) is 15.5. The van der Waals surface area contributed by atoms with Gasteiger partial charge in [0.1, 0.15) is 17.3 Å². The molecule has 1 aliphatic rings. The monoisotopic (exact) mass is 497 g/mol. The molecular formula is C23H18BrF2N5O. The zero-order valence-electron chi connectivity index (χ0n) is 16.9. The topological polar surface area (TPSA) is 64.7 Å². The van der Waals surface area contributed by atoms with Gasteiger partial charge in [0.05, 0.1) is 11.0 Å². The maximum atomic E-state index is 14.4. The summed E-state index contributed by atoms with van der Waals surface area (Å²) in [6.07, 6.45) is 3.98. The van der Waals surface area contributed by atoms with Crippen LogP contribution in [0.4, 0.5) is 14.6 Å². The molecule has 2 aromatic heterocycles. The van der Waals surface area contributed by atoms with E-state index in [1.807, 2.05) is 0 Å². The van der Waals surface area contributed by atoms with Crippen LogP contribution in [0.1, 0.15) is 33.7 Å². The van der Waals surface area contributed by atoms with Crippen LogP contribution < -0.4 is 5.32 Å². The molecule has 1 aliphatic carbocycles. The number of nitrogens with zero attached hydrogens (tertiary/aromatic N) is 4. The summed E-state index contributed by atoms with van der Waals surface area (Å²) in [4.78, 5) is 13.1. The SMILES string of the molecule is O=C(Nc1nn(Cc2ccccc2F)cc1Br)c1nn(-c2ccccc2F)c2c1CCC2. The lowest BCUT2D eigenvalue weighted by Gasteiger charge is -2.06. The summed E-state index contributed by atoms with van der Waals surface area (Å²) in [5.41, 5.74) is 2.75. The molecule has 1 N–H and O–H groups in total. The Hall–Kier alpha value is -3.33. The van der Waals surface area contributed by atoms with Gasteiger partial charge in [0.15, 0.2) is 11.5 Å². The van der Waals surface area contributed by atoms with Crippen molar-refractivity contribution in [2.75, 3.05) is 5.32 Å². The number of hydrogen-bond donors (Lipinski definition) is 1. The predicted molar refractivity (Wildman–Crippen MR) is 119 cm³/mol. The number of halogens is 3. The second-order valence-electron chi connectivity index (χ2n) is 7.56. The molecule has 0 atom stereocenters. The van der Waals surface area contributed by atoms with Gasteiger partial charge >= 0.3 is 0 Å². The van der Waals surface area contributed by atoms with Crippen molar-refractivity contribution in [1.82, 2.24) is 19.6 Å². The Morgan fingerprint density at radius 3 is 2.56 bits per heavy atom. The number of amides is 1. The van der Waals surface area contributed by atoms with Crippen molar-refractivity contribution < 1.29 is 13.6 Å². The molecule has 4 aromatic rings. The summed E-state index contributed by atoms with van der Waals surface area (Å²) in [5, 5.41) is 11.6. The van der Waals surface area contributed by atoms with Gasteiger partial charge < -0.3 is 5.32 Å². The molecule has 0 saturated heterocycles. The van der Waals surface area contributed by atoms with Crippen LogP contribution >= 0.6 is 15.9 Å². The highest BCUT2D eigenvalue weighted by molar-refractivity contribution is 9.10. The molecule has 6 nitrogen and oxygen atoms in total. The quantitative estimate of drug-likeness (QED) is 0.426. The van der Waals surface area contributed by atoms with Gasteiger partial charge in [0, 0.05) is 23.0 Å². The fourth-order valence-electron chi connectivity index (χ4n) is 3.97. The number of fused-ring (bicyclic) bond motifs is 1. The smallest absolute Gasteiger partial charge is 0.277 e. The Kier molecular flexibility index (Phi) is 5.34. The molecule has 0 saturated carbocycles.